The first-order valence-electron chi connectivity index (χ1n) is 10.5. The van der Waals surface area contributed by atoms with E-state index in [1.54, 1.807) is 24.3 Å². The molecule has 0 atom stereocenters. The minimum atomic E-state index is -0.590. The molecule has 0 unspecified atom stereocenters. The van der Waals surface area contributed by atoms with Gasteiger partial charge in [-0.05, 0) is 29.8 Å². The number of ether oxygens (including phenoxy) is 3. The van der Waals surface area contributed by atoms with Gasteiger partial charge in [0.1, 0.15) is 18.1 Å². The summed E-state index contributed by atoms with van der Waals surface area (Å²) in [5, 5.41) is 5.09. The van der Waals surface area contributed by atoms with Crippen LogP contribution in [0.1, 0.15) is 12.0 Å². The Morgan fingerprint density at radius 1 is 0.824 bits per heavy atom. The largest absolute Gasteiger partial charge is 0.489 e. The van der Waals surface area contributed by atoms with Crippen molar-refractivity contribution in [3.05, 3.63) is 83.7 Å². The van der Waals surface area contributed by atoms with Crippen LogP contribution in [0.4, 0.5) is 0 Å². The van der Waals surface area contributed by atoms with Gasteiger partial charge in [-0.3, -0.25) is 19.2 Å². The fourth-order valence-corrected chi connectivity index (χ4v) is 2.91. The molecular weight excluding hydrogens is 440 g/mol. The molecular formula is C25H24N2O7. The van der Waals surface area contributed by atoms with Gasteiger partial charge in [0.05, 0.1) is 24.9 Å². The van der Waals surface area contributed by atoms with E-state index in [1.807, 2.05) is 30.3 Å². The Hall–Kier alpha value is -4.40. The van der Waals surface area contributed by atoms with Gasteiger partial charge in [0.25, 0.3) is 5.91 Å². The predicted molar refractivity (Wildman–Crippen MR) is 122 cm³/mol. The van der Waals surface area contributed by atoms with E-state index < -0.39 is 23.4 Å². The molecule has 9 nitrogen and oxygen atoms in total. The SMILES string of the molecule is COC(=O)CCNC1=CC(=O)C(NC(=O)COc2ccc(OCc3ccccc3)cc2)=CC1=O. The highest BCUT2D eigenvalue weighted by Gasteiger charge is 2.22. The molecule has 0 saturated carbocycles. The molecule has 0 heterocycles. The van der Waals surface area contributed by atoms with Crippen molar-refractivity contribution in [1.82, 2.24) is 10.6 Å². The summed E-state index contributed by atoms with van der Waals surface area (Å²) in [7, 11) is 1.26. The van der Waals surface area contributed by atoms with Crippen LogP contribution in [0.15, 0.2) is 78.1 Å². The van der Waals surface area contributed by atoms with E-state index in [0.717, 1.165) is 17.7 Å². The highest BCUT2D eigenvalue weighted by Crippen LogP contribution is 2.19. The second-order valence-corrected chi connectivity index (χ2v) is 7.18. The number of rotatable bonds is 11. The second-order valence-electron chi connectivity index (χ2n) is 7.18. The Morgan fingerprint density at radius 3 is 2.12 bits per heavy atom. The molecule has 0 spiro atoms. The first kappa shape index (κ1) is 24.2. The number of carbonyl (C=O) groups is 4. The van der Waals surface area contributed by atoms with Gasteiger partial charge >= 0.3 is 5.97 Å². The molecule has 0 radical (unpaired) electrons. The number of hydrogen-bond acceptors (Lipinski definition) is 8. The molecule has 2 aromatic carbocycles. The van der Waals surface area contributed by atoms with Crippen LogP contribution >= 0.6 is 0 Å². The van der Waals surface area contributed by atoms with Crippen LogP contribution in [0.5, 0.6) is 11.5 Å². The number of nitrogens with one attached hydrogen (secondary N) is 2. The average molecular weight is 464 g/mol. The van der Waals surface area contributed by atoms with Crippen LogP contribution in [0.2, 0.25) is 0 Å². The van der Waals surface area contributed by atoms with Crippen molar-refractivity contribution in [2.75, 3.05) is 20.3 Å². The van der Waals surface area contributed by atoms with E-state index in [4.69, 9.17) is 9.47 Å². The molecule has 3 rings (SSSR count). The van der Waals surface area contributed by atoms with Gasteiger partial charge in [-0.25, -0.2) is 0 Å². The van der Waals surface area contributed by atoms with Gasteiger partial charge in [-0.15, -0.1) is 0 Å². The van der Waals surface area contributed by atoms with Gasteiger partial charge < -0.3 is 24.8 Å². The van der Waals surface area contributed by atoms with Gasteiger partial charge in [0.15, 0.2) is 6.61 Å². The van der Waals surface area contributed by atoms with Crippen molar-refractivity contribution in [2.45, 2.75) is 13.0 Å². The number of amides is 1. The third-order valence-electron chi connectivity index (χ3n) is 4.67. The summed E-state index contributed by atoms with van der Waals surface area (Å²) in [6.45, 7) is 0.218. The molecule has 1 aliphatic carbocycles. The monoisotopic (exact) mass is 464 g/mol. The molecule has 176 valence electrons. The van der Waals surface area contributed by atoms with Crippen molar-refractivity contribution < 1.29 is 33.4 Å². The normalized spacial score (nSPS) is 12.9. The van der Waals surface area contributed by atoms with Crippen molar-refractivity contribution in [1.29, 1.82) is 0 Å². The number of ketones is 2. The third kappa shape index (κ3) is 7.33. The molecule has 0 aromatic heterocycles. The molecule has 0 aliphatic heterocycles. The van der Waals surface area contributed by atoms with E-state index in [0.29, 0.717) is 18.1 Å². The highest BCUT2D eigenvalue weighted by molar-refractivity contribution is 6.20. The number of allylic oxidation sites excluding steroid dienone is 2. The summed E-state index contributed by atoms with van der Waals surface area (Å²) in [5.74, 6) is -0.979. The maximum Gasteiger partial charge on any atom is 0.307 e. The zero-order valence-electron chi connectivity index (χ0n) is 18.5. The molecule has 2 aromatic rings. The summed E-state index contributed by atoms with van der Waals surface area (Å²) in [5.41, 5.74) is 0.933. The first-order chi connectivity index (χ1) is 16.4. The smallest absolute Gasteiger partial charge is 0.307 e. The molecule has 0 saturated heterocycles. The van der Waals surface area contributed by atoms with Crippen LogP contribution < -0.4 is 20.1 Å². The quantitative estimate of drug-likeness (QED) is 0.382. The van der Waals surface area contributed by atoms with E-state index >= 15 is 0 Å². The average Bonchev–Trinajstić information content (AvgIpc) is 2.85. The lowest BCUT2D eigenvalue weighted by molar-refractivity contribution is -0.140. The summed E-state index contributed by atoms with van der Waals surface area (Å²) in [4.78, 5) is 47.7. The van der Waals surface area contributed by atoms with Crippen LogP contribution in [-0.4, -0.2) is 43.7 Å². The fourth-order valence-electron chi connectivity index (χ4n) is 2.91. The first-order valence-corrected chi connectivity index (χ1v) is 10.5. The summed E-state index contributed by atoms with van der Waals surface area (Å²) in [6, 6.07) is 16.5. The van der Waals surface area contributed by atoms with Crippen LogP contribution in [0, 0.1) is 0 Å². The molecule has 9 heteroatoms. The molecule has 0 fully saturated rings. The molecule has 34 heavy (non-hydrogen) atoms. The Balaban J connectivity index is 1.43. The van der Waals surface area contributed by atoms with Crippen molar-refractivity contribution in [2.24, 2.45) is 0 Å². The topological polar surface area (TPSA) is 120 Å². The number of benzene rings is 2. The summed E-state index contributed by atoms with van der Waals surface area (Å²) < 4.78 is 15.6. The van der Waals surface area contributed by atoms with Crippen molar-refractivity contribution in [3.8, 4) is 11.5 Å². The summed E-state index contributed by atoms with van der Waals surface area (Å²) in [6.07, 6.45) is 2.14. The molecule has 2 N–H and O–H groups in total. The minimum Gasteiger partial charge on any atom is -0.489 e. The zero-order valence-corrected chi connectivity index (χ0v) is 18.5. The van der Waals surface area contributed by atoms with Crippen molar-refractivity contribution >= 4 is 23.4 Å². The minimum absolute atomic E-state index is 0.0396. The van der Waals surface area contributed by atoms with E-state index in [9.17, 15) is 19.2 Å². The van der Waals surface area contributed by atoms with E-state index in [-0.39, 0.29) is 31.0 Å². The Kier molecular flexibility index (Phi) is 8.56. The third-order valence-corrected chi connectivity index (χ3v) is 4.67. The number of carbonyl (C=O) groups excluding carboxylic acids is 4. The highest BCUT2D eigenvalue weighted by atomic mass is 16.5. The van der Waals surface area contributed by atoms with Gasteiger partial charge in [-0.1, -0.05) is 30.3 Å². The fraction of sp³-hybridized carbons (Fsp3) is 0.200. The lowest BCUT2D eigenvalue weighted by Crippen LogP contribution is -2.35. The van der Waals surface area contributed by atoms with Crippen LogP contribution in [0.25, 0.3) is 0 Å². The Morgan fingerprint density at radius 2 is 1.44 bits per heavy atom. The number of methoxy groups -OCH3 is 1. The zero-order chi connectivity index (χ0) is 24.3. The Bertz CT molecular complexity index is 1110. The standard InChI is InChI=1S/C25H24N2O7/c1-32-25(31)11-12-26-20-13-23(29)21(14-22(20)28)27-24(30)16-34-19-9-7-18(8-10-19)33-15-17-5-3-2-4-6-17/h2-10,13-14,26H,11-12,15-16H2,1H3,(H,27,30). The van der Waals surface area contributed by atoms with Crippen LogP contribution in [-0.2, 0) is 30.5 Å². The van der Waals surface area contributed by atoms with Gasteiger partial charge in [-0.2, -0.15) is 0 Å². The van der Waals surface area contributed by atoms with Crippen molar-refractivity contribution in [3.63, 3.8) is 0 Å². The number of esters is 1. The van der Waals surface area contributed by atoms with Gasteiger partial charge in [0.2, 0.25) is 11.6 Å². The van der Waals surface area contributed by atoms with E-state index in [1.165, 1.54) is 7.11 Å². The lowest BCUT2D eigenvalue weighted by atomic mass is 10.1. The molecule has 1 aliphatic rings. The maximum atomic E-state index is 12.2. The van der Waals surface area contributed by atoms with E-state index in [2.05, 4.69) is 15.4 Å². The lowest BCUT2D eigenvalue weighted by Gasteiger charge is -2.15. The number of hydrogen-bond donors (Lipinski definition) is 2. The second kappa shape index (κ2) is 12.0. The molecule has 1 amide bonds. The Labute approximate surface area is 196 Å². The maximum absolute atomic E-state index is 12.2. The summed E-state index contributed by atoms with van der Waals surface area (Å²) >= 11 is 0. The van der Waals surface area contributed by atoms with Crippen LogP contribution in [0.3, 0.4) is 0 Å². The predicted octanol–water partition coefficient (Wildman–Crippen LogP) is 1.83. The van der Waals surface area contributed by atoms with Gasteiger partial charge in [0, 0.05) is 18.7 Å². The molecule has 0 bridgehead atoms.